The second kappa shape index (κ2) is 7.34. The van der Waals surface area contributed by atoms with Gasteiger partial charge in [0.05, 0.1) is 10.2 Å². The maximum Gasteiger partial charge on any atom is 0.318 e. The molecule has 0 bridgehead atoms. The highest BCUT2D eigenvalue weighted by molar-refractivity contribution is 7.20. The van der Waals surface area contributed by atoms with Gasteiger partial charge in [0.1, 0.15) is 6.04 Å². The number of fused-ring (bicyclic) bond motifs is 1. The molecule has 0 saturated carbocycles. The van der Waals surface area contributed by atoms with Crippen LogP contribution in [0.2, 0.25) is 0 Å². The molecule has 2 aromatic carbocycles. The lowest BCUT2D eigenvalue weighted by Crippen LogP contribution is -2.38. The molecular formula is C21H17N5O3S. The van der Waals surface area contributed by atoms with Gasteiger partial charge < -0.3 is 14.6 Å². The van der Waals surface area contributed by atoms with Crippen LogP contribution in [0, 0.1) is 0 Å². The summed E-state index contributed by atoms with van der Waals surface area (Å²) in [6.07, 6.45) is 0.641. The van der Waals surface area contributed by atoms with Gasteiger partial charge in [0.25, 0.3) is 11.7 Å². The van der Waals surface area contributed by atoms with Crippen LogP contribution in [0.5, 0.6) is 0 Å². The summed E-state index contributed by atoms with van der Waals surface area (Å²) in [5.41, 5.74) is 2.89. The van der Waals surface area contributed by atoms with Gasteiger partial charge in [-0.2, -0.15) is 0 Å². The SMILES string of the molecule is CN(c1nnc(C(=O)c2nc3ccc(-c4ccccc4)cc3s2)o1)C1CCNC1=O. The minimum absolute atomic E-state index is 0.0935. The van der Waals surface area contributed by atoms with Crippen LogP contribution < -0.4 is 10.2 Å². The van der Waals surface area contributed by atoms with Crippen molar-refractivity contribution in [1.29, 1.82) is 0 Å². The Kier molecular flexibility index (Phi) is 4.51. The minimum Gasteiger partial charge on any atom is -0.400 e. The Morgan fingerprint density at radius 2 is 2.00 bits per heavy atom. The van der Waals surface area contributed by atoms with E-state index in [2.05, 4.69) is 20.5 Å². The number of amides is 1. The fourth-order valence-corrected chi connectivity index (χ4v) is 4.39. The molecule has 1 amide bonds. The number of benzene rings is 2. The number of hydrogen-bond acceptors (Lipinski definition) is 8. The number of thiazole rings is 1. The largest absolute Gasteiger partial charge is 0.400 e. The number of carbonyl (C=O) groups is 2. The molecule has 4 aromatic rings. The third-order valence-corrected chi connectivity index (χ3v) is 6.10. The number of carbonyl (C=O) groups excluding carboxylic acids is 2. The predicted molar refractivity (Wildman–Crippen MR) is 113 cm³/mol. The number of anilines is 1. The second-order valence-corrected chi connectivity index (χ2v) is 8.02. The standard InChI is InChI=1S/C21H17N5O3S/c1-26(15-9-10-22-18(15)28)21-25-24-19(29-21)17(27)20-23-14-8-7-13(11-16(14)30-20)12-5-3-2-4-6-12/h2-8,11,15H,9-10H2,1H3,(H,22,28). The number of likely N-dealkylation sites (N-methyl/N-ethyl adjacent to an activating group) is 1. The van der Waals surface area contributed by atoms with Crippen LogP contribution in [0.4, 0.5) is 6.01 Å². The summed E-state index contributed by atoms with van der Waals surface area (Å²) in [4.78, 5) is 30.7. The van der Waals surface area contributed by atoms with E-state index in [-0.39, 0.29) is 28.9 Å². The van der Waals surface area contributed by atoms with Crippen molar-refractivity contribution in [2.75, 3.05) is 18.5 Å². The molecule has 8 nitrogen and oxygen atoms in total. The van der Waals surface area contributed by atoms with Crippen molar-refractivity contribution >= 4 is 39.3 Å². The Morgan fingerprint density at radius 1 is 1.17 bits per heavy atom. The molecule has 1 aliphatic rings. The summed E-state index contributed by atoms with van der Waals surface area (Å²) in [7, 11) is 1.69. The zero-order chi connectivity index (χ0) is 20.7. The number of rotatable bonds is 5. The first-order chi connectivity index (χ1) is 14.6. The summed E-state index contributed by atoms with van der Waals surface area (Å²) in [6, 6.07) is 15.7. The van der Waals surface area contributed by atoms with E-state index in [1.807, 2.05) is 48.5 Å². The van der Waals surface area contributed by atoms with E-state index in [0.717, 1.165) is 21.3 Å². The van der Waals surface area contributed by atoms with Gasteiger partial charge in [-0.15, -0.1) is 16.4 Å². The molecule has 1 N–H and O–H groups in total. The fourth-order valence-electron chi connectivity index (χ4n) is 3.46. The molecule has 9 heteroatoms. The molecule has 2 aromatic heterocycles. The molecule has 150 valence electrons. The third-order valence-electron chi connectivity index (χ3n) is 5.09. The van der Waals surface area contributed by atoms with Crippen LogP contribution in [-0.4, -0.2) is 46.5 Å². The van der Waals surface area contributed by atoms with Crippen molar-refractivity contribution in [2.24, 2.45) is 0 Å². The molecule has 3 heterocycles. The first kappa shape index (κ1) is 18.4. The molecule has 30 heavy (non-hydrogen) atoms. The Labute approximate surface area is 175 Å². The highest BCUT2D eigenvalue weighted by Gasteiger charge is 2.31. The van der Waals surface area contributed by atoms with Crippen LogP contribution in [-0.2, 0) is 4.79 Å². The highest BCUT2D eigenvalue weighted by Crippen LogP contribution is 2.29. The van der Waals surface area contributed by atoms with Gasteiger partial charge in [-0.25, -0.2) is 4.98 Å². The van der Waals surface area contributed by atoms with Gasteiger partial charge in [0.15, 0.2) is 5.01 Å². The molecule has 5 rings (SSSR count). The minimum atomic E-state index is -0.430. The molecule has 1 aliphatic heterocycles. The van der Waals surface area contributed by atoms with Gasteiger partial charge >= 0.3 is 6.01 Å². The van der Waals surface area contributed by atoms with Crippen LogP contribution in [0.15, 0.2) is 52.9 Å². The monoisotopic (exact) mass is 419 g/mol. The highest BCUT2D eigenvalue weighted by atomic mass is 32.1. The quantitative estimate of drug-likeness (QED) is 0.496. The van der Waals surface area contributed by atoms with Crippen molar-refractivity contribution in [3.8, 4) is 11.1 Å². The van der Waals surface area contributed by atoms with Gasteiger partial charge in [0, 0.05) is 13.6 Å². The molecule has 1 fully saturated rings. The summed E-state index contributed by atoms with van der Waals surface area (Å²) in [6.45, 7) is 0.602. The Bertz CT molecular complexity index is 1250. The lowest BCUT2D eigenvalue weighted by Gasteiger charge is -2.18. The van der Waals surface area contributed by atoms with Gasteiger partial charge in [-0.3, -0.25) is 9.59 Å². The van der Waals surface area contributed by atoms with E-state index >= 15 is 0 Å². The van der Waals surface area contributed by atoms with E-state index in [1.165, 1.54) is 11.3 Å². The van der Waals surface area contributed by atoms with E-state index in [9.17, 15) is 9.59 Å². The second-order valence-electron chi connectivity index (χ2n) is 6.99. The molecule has 0 spiro atoms. The normalized spacial score (nSPS) is 16.0. The van der Waals surface area contributed by atoms with Crippen molar-refractivity contribution in [2.45, 2.75) is 12.5 Å². The molecule has 1 unspecified atom stereocenters. The molecule has 0 aliphatic carbocycles. The van der Waals surface area contributed by atoms with Gasteiger partial charge in [0.2, 0.25) is 5.91 Å². The van der Waals surface area contributed by atoms with E-state index in [0.29, 0.717) is 13.0 Å². The van der Waals surface area contributed by atoms with Crippen LogP contribution >= 0.6 is 11.3 Å². The maximum atomic E-state index is 12.8. The van der Waals surface area contributed by atoms with Crippen LogP contribution in [0.25, 0.3) is 21.3 Å². The number of aromatic nitrogens is 3. The Hall–Kier alpha value is -3.59. The number of ketones is 1. The van der Waals surface area contributed by atoms with Crippen molar-refractivity contribution in [3.05, 3.63) is 59.4 Å². The Morgan fingerprint density at radius 3 is 2.77 bits per heavy atom. The summed E-state index contributed by atoms with van der Waals surface area (Å²) < 4.78 is 6.45. The van der Waals surface area contributed by atoms with Crippen molar-refractivity contribution in [1.82, 2.24) is 20.5 Å². The average Bonchev–Trinajstić information content (AvgIpc) is 3.52. The lowest BCUT2D eigenvalue weighted by molar-refractivity contribution is -0.120. The smallest absolute Gasteiger partial charge is 0.318 e. The van der Waals surface area contributed by atoms with Gasteiger partial charge in [-0.05, 0) is 29.7 Å². The van der Waals surface area contributed by atoms with E-state index in [4.69, 9.17) is 4.42 Å². The number of nitrogens with zero attached hydrogens (tertiary/aromatic N) is 4. The first-order valence-corrected chi connectivity index (χ1v) is 10.3. The zero-order valence-corrected chi connectivity index (χ0v) is 16.8. The third kappa shape index (κ3) is 3.22. The van der Waals surface area contributed by atoms with Crippen LogP contribution in [0.3, 0.4) is 0 Å². The lowest BCUT2D eigenvalue weighted by atomic mass is 10.1. The number of nitrogens with one attached hydrogen (secondary N) is 1. The van der Waals surface area contributed by atoms with Crippen molar-refractivity contribution in [3.63, 3.8) is 0 Å². The number of hydrogen-bond donors (Lipinski definition) is 1. The van der Waals surface area contributed by atoms with E-state index in [1.54, 1.807) is 11.9 Å². The topological polar surface area (TPSA) is 101 Å². The Balaban J connectivity index is 1.41. The summed E-state index contributed by atoms with van der Waals surface area (Å²) >= 11 is 1.29. The van der Waals surface area contributed by atoms with Crippen molar-refractivity contribution < 1.29 is 14.0 Å². The fraction of sp³-hybridized carbons (Fsp3) is 0.190. The zero-order valence-electron chi connectivity index (χ0n) is 16.0. The molecule has 0 radical (unpaired) electrons. The summed E-state index contributed by atoms with van der Waals surface area (Å²) in [5, 5.41) is 10.9. The molecule has 1 atom stereocenters. The van der Waals surface area contributed by atoms with E-state index < -0.39 is 5.78 Å². The first-order valence-electron chi connectivity index (χ1n) is 9.45. The summed E-state index contributed by atoms with van der Waals surface area (Å²) in [5.74, 6) is -0.665. The van der Waals surface area contributed by atoms with Gasteiger partial charge in [-0.1, -0.05) is 41.5 Å². The molecular weight excluding hydrogens is 402 g/mol. The van der Waals surface area contributed by atoms with Crippen LogP contribution in [0.1, 0.15) is 22.1 Å². The maximum absolute atomic E-state index is 12.8. The molecule has 1 saturated heterocycles. The average molecular weight is 419 g/mol. The predicted octanol–water partition coefficient (Wildman–Crippen LogP) is 2.90.